The molecular formula is C29H30BNO7. The molecule has 9 heteroatoms. The van der Waals surface area contributed by atoms with Crippen molar-refractivity contribution in [2.45, 2.75) is 44.8 Å². The molecular weight excluding hydrogens is 485 g/mol. The average molecular weight is 515 g/mol. The zero-order valence-corrected chi connectivity index (χ0v) is 22.0. The van der Waals surface area contributed by atoms with Gasteiger partial charge < -0.3 is 23.9 Å². The minimum Gasteiger partial charge on any atom is -0.496 e. The van der Waals surface area contributed by atoms with E-state index in [2.05, 4.69) is 17.4 Å². The Morgan fingerprint density at radius 2 is 1.50 bits per heavy atom. The topological polar surface area (TPSA) is 103 Å². The van der Waals surface area contributed by atoms with Crippen molar-refractivity contribution >= 4 is 30.3 Å². The third kappa shape index (κ3) is 4.42. The minimum atomic E-state index is -1.17. The van der Waals surface area contributed by atoms with Crippen molar-refractivity contribution in [3.05, 3.63) is 77.4 Å². The van der Waals surface area contributed by atoms with Crippen molar-refractivity contribution in [3.63, 3.8) is 0 Å². The fourth-order valence-electron chi connectivity index (χ4n) is 4.95. The lowest BCUT2D eigenvalue weighted by Crippen LogP contribution is -2.41. The highest BCUT2D eigenvalue weighted by Gasteiger charge is 2.52. The number of anilines is 1. The molecule has 38 heavy (non-hydrogen) atoms. The smallest absolute Gasteiger partial charge is 0.496 e. The van der Waals surface area contributed by atoms with Gasteiger partial charge >= 0.3 is 19.2 Å². The number of ether oxygens (including phenoxy) is 2. The molecule has 0 unspecified atom stereocenters. The van der Waals surface area contributed by atoms with E-state index in [9.17, 15) is 14.7 Å². The number of carbonyl (C=O) groups excluding carboxylic acids is 1. The molecule has 1 aliphatic carbocycles. The Morgan fingerprint density at radius 1 is 0.947 bits per heavy atom. The van der Waals surface area contributed by atoms with Crippen LogP contribution in [0.25, 0.3) is 11.1 Å². The van der Waals surface area contributed by atoms with E-state index in [0.717, 1.165) is 22.3 Å². The molecule has 0 spiro atoms. The van der Waals surface area contributed by atoms with Crippen LogP contribution >= 0.6 is 0 Å². The highest BCUT2D eigenvalue weighted by molar-refractivity contribution is 6.64. The Bertz CT molecular complexity index is 1360. The van der Waals surface area contributed by atoms with E-state index >= 15 is 0 Å². The number of benzene rings is 3. The largest absolute Gasteiger partial charge is 0.497 e. The minimum absolute atomic E-state index is 0.0738. The predicted molar refractivity (Wildman–Crippen MR) is 144 cm³/mol. The Hall–Kier alpha value is -3.82. The lowest BCUT2D eigenvalue weighted by atomic mass is 9.76. The number of nitrogens with one attached hydrogen (secondary N) is 1. The van der Waals surface area contributed by atoms with Gasteiger partial charge in [-0.05, 0) is 56.0 Å². The molecule has 0 aromatic heterocycles. The molecule has 3 aromatic carbocycles. The number of rotatable bonds is 6. The monoisotopic (exact) mass is 515 g/mol. The Balaban J connectivity index is 1.41. The summed E-state index contributed by atoms with van der Waals surface area (Å²) in [5.41, 5.74) is 3.71. The summed E-state index contributed by atoms with van der Waals surface area (Å²) in [7, 11) is 0.459. The van der Waals surface area contributed by atoms with Crippen LogP contribution in [0, 0.1) is 0 Å². The molecule has 1 amide bonds. The zero-order valence-electron chi connectivity index (χ0n) is 22.0. The van der Waals surface area contributed by atoms with E-state index in [0.29, 0.717) is 5.46 Å². The second-order valence-electron chi connectivity index (χ2n) is 10.5. The number of carbonyl (C=O) groups is 2. The van der Waals surface area contributed by atoms with Crippen molar-refractivity contribution in [1.29, 1.82) is 0 Å². The SMILES string of the molecule is COc1cc(NC(=O)OCC2c3ccccc3-c3ccccc32)c(B2OC(C)(C)C(C)(C)O2)cc1C(=O)O. The van der Waals surface area contributed by atoms with Gasteiger partial charge in [-0.15, -0.1) is 0 Å². The van der Waals surface area contributed by atoms with Crippen LogP contribution < -0.4 is 15.5 Å². The molecule has 1 fully saturated rings. The summed E-state index contributed by atoms with van der Waals surface area (Å²) >= 11 is 0. The zero-order chi connectivity index (χ0) is 27.2. The van der Waals surface area contributed by atoms with Crippen LogP contribution in [-0.2, 0) is 14.0 Å². The normalized spacial score (nSPS) is 17.0. The van der Waals surface area contributed by atoms with E-state index in [4.69, 9.17) is 18.8 Å². The second kappa shape index (κ2) is 9.49. The first kappa shape index (κ1) is 25.8. The number of carboxylic acid groups (broad SMARTS) is 1. The first-order valence-corrected chi connectivity index (χ1v) is 12.5. The van der Waals surface area contributed by atoms with E-state index in [1.807, 2.05) is 64.1 Å². The number of hydrogen-bond donors (Lipinski definition) is 2. The summed E-state index contributed by atoms with van der Waals surface area (Å²) in [6.07, 6.45) is -0.685. The van der Waals surface area contributed by atoms with Crippen molar-refractivity contribution in [1.82, 2.24) is 0 Å². The fraction of sp³-hybridized carbons (Fsp3) is 0.310. The van der Waals surface area contributed by atoms with Crippen LogP contribution in [0.4, 0.5) is 10.5 Å². The van der Waals surface area contributed by atoms with E-state index in [1.54, 1.807) is 0 Å². The number of aromatic carboxylic acids is 1. The van der Waals surface area contributed by atoms with Gasteiger partial charge in [0.25, 0.3) is 0 Å². The van der Waals surface area contributed by atoms with Gasteiger partial charge in [0.05, 0.1) is 18.3 Å². The number of fused-ring (bicyclic) bond motifs is 3. The molecule has 2 aliphatic rings. The number of carboxylic acids is 1. The van der Waals surface area contributed by atoms with E-state index < -0.39 is 30.4 Å². The van der Waals surface area contributed by atoms with E-state index in [1.165, 1.54) is 19.2 Å². The van der Waals surface area contributed by atoms with Gasteiger partial charge in [0.2, 0.25) is 0 Å². The molecule has 1 saturated heterocycles. The summed E-state index contributed by atoms with van der Waals surface area (Å²) in [4.78, 5) is 25.0. The lowest BCUT2D eigenvalue weighted by Gasteiger charge is -2.32. The van der Waals surface area contributed by atoms with Gasteiger partial charge in [-0.2, -0.15) is 0 Å². The molecule has 8 nitrogen and oxygen atoms in total. The molecule has 0 radical (unpaired) electrons. The maximum absolute atomic E-state index is 13.1. The lowest BCUT2D eigenvalue weighted by molar-refractivity contribution is 0.00578. The number of hydrogen-bond acceptors (Lipinski definition) is 6. The highest BCUT2D eigenvalue weighted by Crippen LogP contribution is 2.44. The molecule has 3 aromatic rings. The summed E-state index contributed by atoms with van der Waals surface area (Å²) in [5, 5.41) is 12.5. The standard InChI is InChI=1S/C29H30BNO7/c1-28(2)29(3,4)38-30(37-28)23-14-21(26(32)33)25(35-5)15-24(23)31-27(34)36-16-22-19-12-8-6-10-17(19)18-11-7-9-13-20(18)22/h6-15,22H,16H2,1-5H3,(H,31,34)(H,32,33). The maximum Gasteiger partial charge on any atom is 0.497 e. The maximum atomic E-state index is 13.1. The molecule has 0 saturated carbocycles. The Morgan fingerprint density at radius 3 is 2.03 bits per heavy atom. The van der Waals surface area contributed by atoms with Crippen molar-refractivity contribution in [2.75, 3.05) is 19.0 Å². The Labute approximate surface area is 222 Å². The third-order valence-electron chi connectivity index (χ3n) is 7.69. The molecule has 2 N–H and O–H groups in total. The average Bonchev–Trinajstić information content (AvgIpc) is 3.31. The molecule has 0 atom stereocenters. The predicted octanol–water partition coefficient (Wildman–Crippen LogP) is 5.05. The molecule has 196 valence electrons. The van der Waals surface area contributed by atoms with Gasteiger partial charge in [-0.25, -0.2) is 9.59 Å². The van der Waals surface area contributed by atoms with Crippen molar-refractivity contribution in [2.24, 2.45) is 0 Å². The first-order valence-electron chi connectivity index (χ1n) is 12.5. The summed E-state index contributed by atoms with van der Waals surface area (Å²) in [6.45, 7) is 7.72. The number of amides is 1. The van der Waals surface area contributed by atoms with Crippen LogP contribution in [0.15, 0.2) is 60.7 Å². The fourth-order valence-corrected chi connectivity index (χ4v) is 4.95. The van der Waals surface area contributed by atoms with Gasteiger partial charge in [0.1, 0.15) is 17.9 Å². The van der Waals surface area contributed by atoms with Crippen LogP contribution in [0.1, 0.15) is 55.1 Å². The van der Waals surface area contributed by atoms with Crippen LogP contribution in [-0.4, -0.2) is 49.2 Å². The summed E-state index contributed by atoms with van der Waals surface area (Å²) in [5.74, 6) is -1.18. The third-order valence-corrected chi connectivity index (χ3v) is 7.69. The molecule has 5 rings (SSSR count). The quantitative estimate of drug-likeness (QED) is 0.443. The summed E-state index contributed by atoms with van der Waals surface area (Å²) < 4.78 is 23.3. The van der Waals surface area contributed by atoms with Gasteiger partial charge in [-0.3, -0.25) is 5.32 Å². The van der Waals surface area contributed by atoms with Gasteiger partial charge in [0.15, 0.2) is 0 Å². The van der Waals surface area contributed by atoms with Crippen molar-refractivity contribution in [3.8, 4) is 16.9 Å². The molecule has 1 heterocycles. The first-order chi connectivity index (χ1) is 18.0. The van der Waals surface area contributed by atoms with E-state index in [-0.39, 0.29) is 29.5 Å². The Kier molecular flexibility index (Phi) is 6.45. The van der Waals surface area contributed by atoms with Crippen LogP contribution in [0.3, 0.4) is 0 Å². The number of methoxy groups -OCH3 is 1. The van der Waals surface area contributed by atoms with Crippen LogP contribution in [0.2, 0.25) is 0 Å². The van der Waals surface area contributed by atoms with Crippen molar-refractivity contribution < 1.29 is 33.5 Å². The molecule has 0 bridgehead atoms. The molecule has 1 aliphatic heterocycles. The van der Waals surface area contributed by atoms with Gasteiger partial charge in [-0.1, -0.05) is 48.5 Å². The van der Waals surface area contributed by atoms with Crippen LogP contribution in [0.5, 0.6) is 5.75 Å². The second-order valence-corrected chi connectivity index (χ2v) is 10.5. The van der Waals surface area contributed by atoms with Gasteiger partial charge in [0, 0.05) is 23.1 Å². The summed E-state index contributed by atoms with van der Waals surface area (Å²) in [6, 6.07) is 19.0. The highest BCUT2D eigenvalue weighted by atomic mass is 16.7.